The molecule has 0 saturated heterocycles. The largest absolute Gasteiger partial charge is 1.00 e. The third-order valence-corrected chi connectivity index (χ3v) is 21.0. The molecule has 115 heavy (non-hydrogen) atoms. The average molecular weight is 1610 g/mol. The van der Waals surface area contributed by atoms with Gasteiger partial charge in [-0.25, -0.2) is 0 Å². The number of halogens is 26. The summed E-state index contributed by atoms with van der Waals surface area (Å²) in [6.45, 7) is -0.582. The number of alkyl halides is 24. The van der Waals surface area contributed by atoms with Crippen LogP contribution in [-0.4, -0.2) is 4.48 Å². The standard InChI is InChI=1S/C88H48F24N.2FH/c89-81(90,91)61-27-55(28-62(37-61)82(92,93)94)51-21-52(56-29-63(83(95,96)97)38-64(30-56)84(98,99)100)24-59(23-51)73-35-47-11-3-7-15-71(47)79-75(73)43-113(41-49-19-17-45-9-1-5-13-69(45)77(49)78-50(42-113)20-18-46-10-2-6-14-70(46)78)44-76-74(36-48-12-4-8-16-72(48)80(76)79)60-25-53(57-31-65(85(101,102)103)39-66(32-57)86(104,105)106)22-54(26-60)58-33-67(87(107,108)109)40-68(34-58)88(110,111)112;;/h1-40H,41-44H2;2*1H/q+1;;/p-1. The monoisotopic (exact) mass is 1610 g/mol. The summed E-state index contributed by atoms with van der Waals surface area (Å²) in [6, 6.07) is 46.7. The molecule has 0 radical (unpaired) electrons. The van der Waals surface area contributed by atoms with E-state index in [1.165, 1.54) is 0 Å². The molecule has 0 saturated carbocycles. The van der Waals surface area contributed by atoms with Crippen LogP contribution in [0.25, 0.3) is 132 Å². The molecule has 27 heteroatoms. The number of fused-ring (bicyclic) bond motifs is 14. The average Bonchev–Trinajstić information content (AvgIpc) is 1.57. The van der Waals surface area contributed by atoms with Crippen molar-refractivity contribution in [3.05, 3.63) is 309 Å². The zero-order valence-electron chi connectivity index (χ0n) is 58.2. The minimum atomic E-state index is -5.50. The molecule has 0 amide bonds. The van der Waals surface area contributed by atoms with Crippen LogP contribution in [0.4, 0.5) is 110 Å². The molecule has 2 aliphatic rings. The lowest BCUT2D eigenvalue weighted by molar-refractivity contribution is -0.977. The quantitative estimate of drug-likeness (QED) is 0.115. The van der Waals surface area contributed by atoms with Gasteiger partial charge in [-0.1, -0.05) is 121 Å². The van der Waals surface area contributed by atoms with Gasteiger partial charge in [0.1, 0.15) is 26.2 Å². The van der Waals surface area contributed by atoms with Crippen molar-refractivity contribution in [2.45, 2.75) is 75.6 Å². The van der Waals surface area contributed by atoms with Gasteiger partial charge >= 0.3 is 49.4 Å². The predicted octanol–water partition coefficient (Wildman–Crippen LogP) is 26.5. The van der Waals surface area contributed by atoms with Crippen LogP contribution < -0.4 is 4.70 Å². The summed E-state index contributed by atoms with van der Waals surface area (Å²) in [5.41, 5.74) is -17.0. The second-order valence-corrected chi connectivity index (χ2v) is 28.4. The highest BCUT2D eigenvalue weighted by Gasteiger charge is 2.46. The van der Waals surface area contributed by atoms with Gasteiger partial charge < -0.3 is 9.19 Å². The zero-order valence-corrected chi connectivity index (χ0v) is 58.2. The van der Waals surface area contributed by atoms with Crippen LogP contribution in [0.3, 0.4) is 0 Å². The molecule has 2 aliphatic heterocycles. The highest BCUT2D eigenvalue weighted by Crippen LogP contribution is 2.56. The van der Waals surface area contributed by atoms with Crippen molar-refractivity contribution in [3.63, 3.8) is 0 Å². The molecule has 14 aromatic rings. The SMILES string of the molecule is F.FC(F)(F)c1cc(-c2cc(-c3cc(C(F)(F)F)cc(C(F)(F)F)c3)cc(-c3cc4ccccc4c4c3C[N+]3(Cc5ccc6ccccc6c5-c5c(ccc6ccccc56)C3)Cc3c(-c5cc(-c6cc(C(F)(F)F)cc(C(F)(F)F)c6)cc(-c6cc(C(F)(F)F)cc(C(F)(F)F)c6)c5)cc5ccccc5c3-4)c2)cc(C(F)(F)F)c1.[F-]. The summed E-state index contributed by atoms with van der Waals surface area (Å²) >= 11 is 0. The number of hydrogen-bond acceptors (Lipinski definition) is 0. The lowest BCUT2D eigenvalue weighted by Gasteiger charge is -2.39. The Morgan fingerprint density at radius 1 is 0.200 bits per heavy atom. The van der Waals surface area contributed by atoms with Crippen molar-refractivity contribution >= 4 is 43.1 Å². The van der Waals surface area contributed by atoms with E-state index in [0.717, 1.165) is 69.1 Å². The van der Waals surface area contributed by atoms with E-state index in [9.17, 15) is 0 Å². The second kappa shape index (κ2) is 27.8. The molecule has 0 bridgehead atoms. The Labute approximate surface area is 633 Å². The minimum Gasteiger partial charge on any atom is -1.00 e. The highest BCUT2D eigenvalue weighted by atomic mass is 19.4. The molecule has 1 nitrogen and oxygen atoms in total. The second-order valence-electron chi connectivity index (χ2n) is 28.4. The number of quaternary nitrogens is 1. The molecule has 588 valence electrons. The van der Waals surface area contributed by atoms with Gasteiger partial charge in [0, 0.05) is 33.4 Å². The third kappa shape index (κ3) is 14.9. The molecule has 1 spiro atoms. The molecule has 2 heterocycles. The molecular formula is C88H49F26N. The van der Waals surface area contributed by atoms with E-state index in [1.807, 2.05) is 72.8 Å². The highest BCUT2D eigenvalue weighted by molar-refractivity contribution is 6.13. The van der Waals surface area contributed by atoms with E-state index in [0.29, 0.717) is 70.4 Å². The number of hydrogen-bond donors (Lipinski definition) is 0. The molecule has 14 aromatic carbocycles. The van der Waals surface area contributed by atoms with Gasteiger partial charge in [-0.05, 0) is 242 Å². The van der Waals surface area contributed by atoms with Gasteiger partial charge in [0.05, 0.1) is 44.5 Å². The summed E-state index contributed by atoms with van der Waals surface area (Å²) < 4.78 is 360. The maximum absolute atomic E-state index is 15.0. The van der Waals surface area contributed by atoms with Crippen LogP contribution in [0.15, 0.2) is 243 Å². The van der Waals surface area contributed by atoms with E-state index < -0.39 is 138 Å². The Hall–Kier alpha value is -11.7. The van der Waals surface area contributed by atoms with Crippen molar-refractivity contribution in [3.8, 4) is 89.0 Å². The Bertz CT molecular complexity index is 5570. The van der Waals surface area contributed by atoms with Gasteiger partial charge in [0.15, 0.2) is 0 Å². The molecular weight excluding hydrogens is 1560 g/mol. The van der Waals surface area contributed by atoms with Crippen LogP contribution in [0.5, 0.6) is 0 Å². The molecule has 0 fully saturated rings. The number of rotatable bonds is 6. The summed E-state index contributed by atoms with van der Waals surface area (Å²) in [7, 11) is 0. The maximum Gasteiger partial charge on any atom is 0.416 e. The topological polar surface area (TPSA) is 0 Å². The van der Waals surface area contributed by atoms with E-state index in [4.69, 9.17) is 0 Å². The van der Waals surface area contributed by atoms with Crippen molar-refractivity contribution < 1.29 is 119 Å². The van der Waals surface area contributed by atoms with Crippen molar-refractivity contribution in [1.82, 2.24) is 0 Å². The molecule has 0 unspecified atom stereocenters. The van der Waals surface area contributed by atoms with Gasteiger partial charge in [-0.2, -0.15) is 105 Å². The van der Waals surface area contributed by atoms with Crippen LogP contribution in [0.2, 0.25) is 0 Å². The Kier molecular flexibility index (Phi) is 19.3. The maximum atomic E-state index is 15.0. The molecule has 16 rings (SSSR count). The Balaban J connectivity index is 0.00000546. The predicted molar refractivity (Wildman–Crippen MR) is 384 cm³/mol. The fourth-order valence-electron chi connectivity index (χ4n) is 16.1. The van der Waals surface area contributed by atoms with Gasteiger partial charge in [-0.3, -0.25) is 4.70 Å². The first-order valence-corrected chi connectivity index (χ1v) is 34.4. The molecule has 0 atom stereocenters. The van der Waals surface area contributed by atoms with E-state index in [2.05, 4.69) is 0 Å². The summed E-state index contributed by atoms with van der Waals surface area (Å²) in [4.78, 5) is 0. The molecule has 0 aromatic heterocycles. The van der Waals surface area contributed by atoms with Crippen LogP contribution in [0, 0.1) is 0 Å². The zero-order chi connectivity index (χ0) is 80.4. The van der Waals surface area contributed by atoms with E-state index >= 15 is 105 Å². The normalized spacial score (nSPS) is 14.1. The number of benzene rings is 14. The van der Waals surface area contributed by atoms with Gasteiger partial charge in [0.2, 0.25) is 0 Å². The van der Waals surface area contributed by atoms with E-state index in [1.54, 1.807) is 60.7 Å². The molecule has 0 aliphatic carbocycles. The van der Waals surface area contributed by atoms with Crippen molar-refractivity contribution in [1.29, 1.82) is 0 Å². The minimum absolute atomic E-state index is 0. The Morgan fingerprint density at radius 2 is 0.409 bits per heavy atom. The summed E-state index contributed by atoms with van der Waals surface area (Å²) in [5.74, 6) is 0. The first-order chi connectivity index (χ1) is 52.9. The van der Waals surface area contributed by atoms with Crippen LogP contribution in [0.1, 0.15) is 66.8 Å². The lowest BCUT2D eigenvalue weighted by atomic mass is 9.81. The Morgan fingerprint density at radius 3 is 0.652 bits per heavy atom. The lowest BCUT2D eigenvalue weighted by Crippen LogP contribution is -3.00. The third-order valence-electron chi connectivity index (χ3n) is 21.0. The first-order valence-electron chi connectivity index (χ1n) is 34.4. The van der Waals surface area contributed by atoms with E-state index in [-0.39, 0.29) is 120 Å². The number of nitrogens with zero attached hydrogens (tertiary/aromatic N) is 1. The fraction of sp³-hybridized carbons (Fsp3) is 0.136. The smallest absolute Gasteiger partial charge is 0.416 e. The van der Waals surface area contributed by atoms with Crippen LogP contribution >= 0.6 is 0 Å². The van der Waals surface area contributed by atoms with Gasteiger partial charge in [0.25, 0.3) is 0 Å². The van der Waals surface area contributed by atoms with Crippen molar-refractivity contribution in [2.75, 3.05) is 0 Å². The van der Waals surface area contributed by atoms with Crippen LogP contribution in [-0.2, 0) is 75.6 Å². The molecule has 0 N–H and O–H groups in total. The van der Waals surface area contributed by atoms with Crippen molar-refractivity contribution in [2.24, 2.45) is 0 Å². The fourth-order valence-corrected chi connectivity index (χ4v) is 16.1. The first kappa shape index (κ1) is 79.9. The van der Waals surface area contributed by atoms with Gasteiger partial charge in [-0.15, -0.1) is 0 Å². The summed E-state index contributed by atoms with van der Waals surface area (Å²) in [6.07, 6.45) is -44.0. The summed E-state index contributed by atoms with van der Waals surface area (Å²) in [5, 5.41) is 4.34.